The average Bonchev–Trinajstić information content (AvgIpc) is 3.19. The van der Waals surface area contributed by atoms with Crippen LogP contribution in [0.4, 0.5) is 0 Å². The number of carboxylic acid groups (broad SMARTS) is 1. The first-order chi connectivity index (χ1) is 10.1. The van der Waals surface area contributed by atoms with Gasteiger partial charge in [-0.2, -0.15) is 0 Å². The summed E-state index contributed by atoms with van der Waals surface area (Å²) >= 11 is 1.46. The molecular formula is C14H14N2O4S. The van der Waals surface area contributed by atoms with Gasteiger partial charge in [0.2, 0.25) is 5.91 Å². The summed E-state index contributed by atoms with van der Waals surface area (Å²) in [5.74, 6) is -1.34. The van der Waals surface area contributed by atoms with E-state index >= 15 is 0 Å². The summed E-state index contributed by atoms with van der Waals surface area (Å²) in [6.07, 6.45) is 3.93. The van der Waals surface area contributed by atoms with Crippen molar-refractivity contribution < 1.29 is 19.1 Å². The Bertz CT molecular complexity index is 650. The van der Waals surface area contributed by atoms with E-state index in [1.807, 2.05) is 11.4 Å². The topological polar surface area (TPSA) is 83.6 Å². The van der Waals surface area contributed by atoms with Gasteiger partial charge < -0.3 is 14.4 Å². The summed E-state index contributed by atoms with van der Waals surface area (Å²) in [5, 5.41) is 11.6. The molecule has 1 aliphatic heterocycles. The Kier molecular flexibility index (Phi) is 3.74. The summed E-state index contributed by atoms with van der Waals surface area (Å²) in [5.41, 5.74) is 1.60. The molecular weight excluding hydrogens is 292 g/mol. The maximum Gasteiger partial charge on any atom is 0.308 e. The van der Waals surface area contributed by atoms with Gasteiger partial charge in [0, 0.05) is 24.0 Å². The SMILES string of the molecule is O=C(O)[C@H]1CCN(C(=O)Cc2csc(-c3ccoc3)n2)C1. The van der Waals surface area contributed by atoms with Gasteiger partial charge in [0.15, 0.2) is 0 Å². The van der Waals surface area contributed by atoms with Crippen molar-refractivity contribution in [1.29, 1.82) is 0 Å². The highest BCUT2D eigenvalue weighted by Gasteiger charge is 2.30. The number of rotatable bonds is 4. The molecule has 1 aliphatic rings. The lowest BCUT2D eigenvalue weighted by Crippen LogP contribution is -2.31. The number of nitrogens with zero attached hydrogens (tertiary/aromatic N) is 2. The number of aliphatic carboxylic acids is 1. The third kappa shape index (κ3) is 2.97. The van der Waals surface area contributed by atoms with Gasteiger partial charge >= 0.3 is 5.97 Å². The quantitative estimate of drug-likeness (QED) is 0.932. The third-order valence-corrected chi connectivity index (χ3v) is 4.48. The van der Waals surface area contributed by atoms with Crippen LogP contribution in [0.3, 0.4) is 0 Å². The van der Waals surface area contributed by atoms with E-state index in [9.17, 15) is 9.59 Å². The molecule has 0 aromatic carbocycles. The minimum absolute atomic E-state index is 0.0669. The lowest BCUT2D eigenvalue weighted by molar-refractivity contribution is -0.141. The van der Waals surface area contributed by atoms with Crippen LogP contribution >= 0.6 is 11.3 Å². The average molecular weight is 306 g/mol. The van der Waals surface area contributed by atoms with Crippen molar-refractivity contribution in [1.82, 2.24) is 9.88 Å². The predicted molar refractivity (Wildman–Crippen MR) is 75.8 cm³/mol. The number of likely N-dealkylation sites (tertiary alicyclic amines) is 1. The van der Waals surface area contributed by atoms with Crippen molar-refractivity contribution in [2.45, 2.75) is 12.8 Å². The number of thiazole rings is 1. The van der Waals surface area contributed by atoms with Crippen LogP contribution in [0, 0.1) is 5.92 Å². The zero-order valence-corrected chi connectivity index (χ0v) is 12.0. The maximum atomic E-state index is 12.2. The second-order valence-electron chi connectivity index (χ2n) is 5.00. The van der Waals surface area contributed by atoms with Crippen LogP contribution in [0.1, 0.15) is 12.1 Å². The molecule has 1 atom stereocenters. The number of hydrogen-bond donors (Lipinski definition) is 1. The number of aromatic nitrogens is 1. The first-order valence-electron chi connectivity index (χ1n) is 6.61. The fourth-order valence-electron chi connectivity index (χ4n) is 2.36. The lowest BCUT2D eigenvalue weighted by atomic mass is 10.1. The highest BCUT2D eigenvalue weighted by molar-refractivity contribution is 7.13. The number of amides is 1. The Labute approximate surface area is 125 Å². The molecule has 0 bridgehead atoms. The maximum absolute atomic E-state index is 12.2. The predicted octanol–water partition coefficient (Wildman–Crippen LogP) is 1.88. The van der Waals surface area contributed by atoms with E-state index in [1.165, 1.54) is 11.3 Å². The van der Waals surface area contributed by atoms with Crippen LogP contribution < -0.4 is 0 Å². The third-order valence-electron chi connectivity index (χ3n) is 3.54. The summed E-state index contributed by atoms with van der Waals surface area (Å²) < 4.78 is 5.01. The monoisotopic (exact) mass is 306 g/mol. The molecule has 1 saturated heterocycles. The van der Waals surface area contributed by atoms with Gasteiger partial charge in [-0.15, -0.1) is 11.3 Å². The molecule has 3 rings (SSSR count). The Balaban J connectivity index is 1.62. The molecule has 0 radical (unpaired) electrons. The second kappa shape index (κ2) is 5.69. The van der Waals surface area contributed by atoms with Crippen molar-refractivity contribution in [3.63, 3.8) is 0 Å². The van der Waals surface area contributed by atoms with Crippen LogP contribution in [0.2, 0.25) is 0 Å². The molecule has 3 heterocycles. The molecule has 7 heteroatoms. The minimum atomic E-state index is -0.832. The molecule has 6 nitrogen and oxygen atoms in total. The second-order valence-corrected chi connectivity index (χ2v) is 5.85. The smallest absolute Gasteiger partial charge is 0.308 e. The van der Waals surface area contributed by atoms with Crippen molar-refractivity contribution in [2.24, 2.45) is 5.92 Å². The van der Waals surface area contributed by atoms with E-state index in [4.69, 9.17) is 9.52 Å². The number of furan rings is 1. The van der Waals surface area contributed by atoms with E-state index in [1.54, 1.807) is 17.4 Å². The number of carbonyl (C=O) groups excluding carboxylic acids is 1. The van der Waals surface area contributed by atoms with Gasteiger partial charge in [0.05, 0.1) is 24.3 Å². The van der Waals surface area contributed by atoms with Crippen LogP contribution in [0.15, 0.2) is 28.4 Å². The molecule has 110 valence electrons. The van der Waals surface area contributed by atoms with E-state index in [0.717, 1.165) is 10.6 Å². The van der Waals surface area contributed by atoms with Crippen molar-refractivity contribution in [3.8, 4) is 10.6 Å². The molecule has 1 fully saturated rings. The summed E-state index contributed by atoms with van der Waals surface area (Å²) in [4.78, 5) is 29.1. The molecule has 2 aromatic heterocycles. The van der Waals surface area contributed by atoms with Gasteiger partial charge in [-0.3, -0.25) is 9.59 Å². The normalized spacial score (nSPS) is 18.1. The van der Waals surface area contributed by atoms with Gasteiger partial charge in [0.1, 0.15) is 11.3 Å². The largest absolute Gasteiger partial charge is 0.481 e. The van der Waals surface area contributed by atoms with Crippen LogP contribution in [-0.4, -0.2) is 40.0 Å². The van der Waals surface area contributed by atoms with Gasteiger partial charge in [-0.25, -0.2) is 4.98 Å². The van der Waals surface area contributed by atoms with Crippen molar-refractivity contribution in [2.75, 3.05) is 13.1 Å². The fourth-order valence-corrected chi connectivity index (χ4v) is 3.17. The molecule has 21 heavy (non-hydrogen) atoms. The molecule has 0 aliphatic carbocycles. The Morgan fingerprint density at radius 1 is 1.52 bits per heavy atom. The van der Waals surface area contributed by atoms with Crippen molar-refractivity contribution in [3.05, 3.63) is 29.7 Å². The van der Waals surface area contributed by atoms with E-state index in [2.05, 4.69) is 4.98 Å². The van der Waals surface area contributed by atoms with Crippen LogP contribution in [0.5, 0.6) is 0 Å². The zero-order chi connectivity index (χ0) is 14.8. The summed E-state index contributed by atoms with van der Waals surface area (Å²) in [7, 11) is 0. The van der Waals surface area contributed by atoms with Gasteiger partial charge in [-0.05, 0) is 12.5 Å². The summed E-state index contributed by atoms with van der Waals surface area (Å²) in [6, 6.07) is 1.82. The highest BCUT2D eigenvalue weighted by atomic mass is 32.1. The van der Waals surface area contributed by atoms with Gasteiger partial charge in [-0.1, -0.05) is 0 Å². The Morgan fingerprint density at radius 2 is 2.38 bits per heavy atom. The first-order valence-corrected chi connectivity index (χ1v) is 7.49. The number of carbonyl (C=O) groups is 2. The first kappa shape index (κ1) is 13.8. The Hall–Kier alpha value is -2.15. The van der Waals surface area contributed by atoms with E-state index in [0.29, 0.717) is 25.2 Å². The molecule has 1 N–H and O–H groups in total. The molecule has 0 saturated carbocycles. The highest BCUT2D eigenvalue weighted by Crippen LogP contribution is 2.25. The number of hydrogen-bond acceptors (Lipinski definition) is 5. The molecule has 2 aromatic rings. The lowest BCUT2D eigenvalue weighted by Gasteiger charge is -2.14. The Morgan fingerprint density at radius 3 is 3.05 bits per heavy atom. The van der Waals surface area contributed by atoms with Crippen LogP contribution in [-0.2, 0) is 16.0 Å². The van der Waals surface area contributed by atoms with Crippen molar-refractivity contribution >= 4 is 23.2 Å². The zero-order valence-electron chi connectivity index (χ0n) is 11.2. The van der Waals surface area contributed by atoms with E-state index in [-0.39, 0.29) is 12.3 Å². The minimum Gasteiger partial charge on any atom is -0.481 e. The molecule has 1 amide bonds. The molecule has 0 spiro atoms. The fraction of sp³-hybridized carbons (Fsp3) is 0.357. The standard InChI is InChI=1S/C14H14N2O4S/c17-12(16-3-1-9(6-16)14(18)19)5-11-8-21-13(15-11)10-2-4-20-7-10/h2,4,7-9H,1,3,5-6H2,(H,18,19)/t9-/m0/s1. The van der Waals surface area contributed by atoms with Gasteiger partial charge in [0.25, 0.3) is 0 Å². The molecule has 0 unspecified atom stereocenters. The van der Waals surface area contributed by atoms with E-state index < -0.39 is 11.9 Å². The number of carboxylic acids is 1. The van der Waals surface area contributed by atoms with Crippen LogP contribution in [0.25, 0.3) is 10.6 Å². The summed E-state index contributed by atoms with van der Waals surface area (Å²) in [6.45, 7) is 0.807.